The van der Waals surface area contributed by atoms with Crippen LogP contribution in [0.25, 0.3) is 22.6 Å². The fraction of sp³-hybridized carbons (Fsp3) is 0.214. The number of carboxylic acid groups (broad SMARTS) is 1. The van der Waals surface area contributed by atoms with Crippen molar-refractivity contribution in [1.82, 2.24) is 4.98 Å². The van der Waals surface area contributed by atoms with Crippen molar-refractivity contribution in [2.24, 2.45) is 0 Å². The first-order valence-electron chi connectivity index (χ1n) is 11.1. The smallest absolute Gasteiger partial charge is 0.347 e. The fourth-order valence-electron chi connectivity index (χ4n) is 3.45. The van der Waals surface area contributed by atoms with Gasteiger partial charge in [0.2, 0.25) is 5.89 Å². The molecule has 0 fully saturated rings. The van der Waals surface area contributed by atoms with Crippen molar-refractivity contribution in [1.29, 1.82) is 0 Å². The molecule has 4 rings (SSSR count). The summed E-state index contributed by atoms with van der Waals surface area (Å²) in [4.78, 5) is 15.9. The molecule has 1 aromatic heterocycles. The number of ether oxygens (including phenoxy) is 2. The van der Waals surface area contributed by atoms with E-state index < -0.39 is 11.6 Å². The molecule has 0 aliphatic rings. The molecule has 0 atom stereocenters. The molecule has 0 amide bonds. The van der Waals surface area contributed by atoms with E-state index >= 15 is 0 Å². The Balaban J connectivity index is 1.38. The highest BCUT2D eigenvalue weighted by molar-refractivity contribution is 5.76. The number of hydrogen-bond acceptors (Lipinski definition) is 5. The van der Waals surface area contributed by atoms with E-state index in [0.717, 1.165) is 28.1 Å². The Morgan fingerprint density at radius 1 is 0.912 bits per heavy atom. The van der Waals surface area contributed by atoms with Crippen molar-refractivity contribution in [3.63, 3.8) is 0 Å². The van der Waals surface area contributed by atoms with Gasteiger partial charge in [-0.05, 0) is 56.2 Å². The Bertz CT molecular complexity index is 1260. The molecule has 6 nitrogen and oxygen atoms in total. The van der Waals surface area contributed by atoms with Crippen LogP contribution in [0.5, 0.6) is 11.5 Å². The zero-order valence-electron chi connectivity index (χ0n) is 19.4. The summed E-state index contributed by atoms with van der Waals surface area (Å²) in [5.74, 6) is 1.33. The summed E-state index contributed by atoms with van der Waals surface area (Å²) < 4.78 is 17.3. The van der Waals surface area contributed by atoms with Crippen molar-refractivity contribution in [2.45, 2.75) is 32.8 Å². The second kappa shape index (κ2) is 9.83. The van der Waals surface area contributed by atoms with E-state index in [1.165, 1.54) is 13.8 Å². The highest BCUT2D eigenvalue weighted by Crippen LogP contribution is 2.27. The standard InChI is InChI=1S/C28H27NO5/c1-19-25(16-17-32-23-10-7-11-24(18-23)34-28(2,3)27(30)31)29-26(33-19)22-14-12-21(13-15-22)20-8-5-4-6-9-20/h4-15,18H,16-17H2,1-3H3,(H,30,31). The first-order chi connectivity index (χ1) is 16.3. The van der Waals surface area contributed by atoms with Gasteiger partial charge in [0.25, 0.3) is 0 Å². The zero-order chi connectivity index (χ0) is 24.1. The Morgan fingerprint density at radius 2 is 1.56 bits per heavy atom. The van der Waals surface area contributed by atoms with Gasteiger partial charge >= 0.3 is 5.97 Å². The van der Waals surface area contributed by atoms with E-state index in [-0.39, 0.29) is 0 Å². The van der Waals surface area contributed by atoms with Gasteiger partial charge in [0.1, 0.15) is 17.3 Å². The Labute approximate surface area is 198 Å². The molecule has 0 bridgehead atoms. The van der Waals surface area contributed by atoms with Gasteiger partial charge in [0.15, 0.2) is 5.60 Å². The summed E-state index contributed by atoms with van der Waals surface area (Å²) in [6, 6.07) is 25.3. The number of rotatable bonds is 9. The van der Waals surface area contributed by atoms with Crippen LogP contribution in [0.2, 0.25) is 0 Å². The normalized spacial score (nSPS) is 11.3. The molecule has 4 aromatic rings. The van der Waals surface area contributed by atoms with Crippen LogP contribution in [-0.2, 0) is 11.2 Å². The van der Waals surface area contributed by atoms with E-state index in [4.69, 9.17) is 13.9 Å². The Hall–Kier alpha value is -4.06. The van der Waals surface area contributed by atoms with Crippen LogP contribution in [0.3, 0.4) is 0 Å². The third kappa shape index (κ3) is 5.46. The van der Waals surface area contributed by atoms with Gasteiger partial charge in [-0.1, -0.05) is 48.5 Å². The van der Waals surface area contributed by atoms with Crippen molar-refractivity contribution >= 4 is 5.97 Å². The summed E-state index contributed by atoms with van der Waals surface area (Å²) in [6.45, 7) is 5.30. The van der Waals surface area contributed by atoms with Crippen LogP contribution in [0.15, 0.2) is 83.3 Å². The topological polar surface area (TPSA) is 81.8 Å². The highest BCUT2D eigenvalue weighted by Gasteiger charge is 2.29. The predicted octanol–water partition coefficient (Wildman–Crippen LogP) is 6.18. The number of oxazole rings is 1. The van der Waals surface area contributed by atoms with Gasteiger partial charge in [-0.3, -0.25) is 0 Å². The average Bonchev–Trinajstić information content (AvgIpc) is 3.20. The molecule has 1 heterocycles. The maximum atomic E-state index is 11.3. The van der Waals surface area contributed by atoms with E-state index in [2.05, 4.69) is 29.2 Å². The quantitative estimate of drug-likeness (QED) is 0.323. The third-order valence-electron chi connectivity index (χ3n) is 5.43. The number of aromatic nitrogens is 1. The fourth-order valence-corrected chi connectivity index (χ4v) is 3.45. The van der Waals surface area contributed by atoms with Crippen molar-refractivity contribution in [3.05, 3.63) is 90.3 Å². The molecule has 3 aromatic carbocycles. The predicted molar refractivity (Wildman–Crippen MR) is 130 cm³/mol. The van der Waals surface area contributed by atoms with Crippen LogP contribution >= 0.6 is 0 Å². The number of aryl methyl sites for hydroxylation is 1. The van der Waals surface area contributed by atoms with Gasteiger partial charge in [-0.15, -0.1) is 0 Å². The van der Waals surface area contributed by atoms with Crippen molar-refractivity contribution in [2.75, 3.05) is 6.61 Å². The lowest BCUT2D eigenvalue weighted by molar-refractivity contribution is -0.152. The second-order valence-corrected chi connectivity index (χ2v) is 8.46. The molecular formula is C28H27NO5. The van der Waals surface area contributed by atoms with E-state index in [9.17, 15) is 9.90 Å². The number of nitrogens with zero attached hydrogens (tertiary/aromatic N) is 1. The monoisotopic (exact) mass is 457 g/mol. The molecule has 0 aliphatic heterocycles. The van der Waals surface area contributed by atoms with E-state index in [1.54, 1.807) is 24.3 Å². The zero-order valence-corrected chi connectivity index (χ0v) is 19.4. The van der Waals surface area contributed by atoms with E-state index in [1.807, 2.05) is 37.3 Å². The molecule has 0 spiro atoms. The molecule has 0 aliphatic carbocycles. The lowest BCUT2D eigenvalue weighted by atomic mass is 10.0. The summed E-state index contributed by atoms with van der Waals surface area (Å²) in [5, 5.41) is 9.24. The van der Waals surface area contributed by atoms with Crippen LogP contribution in [-0.4, -0.2) is 28.3 Å². The first kappa shape index (κ1) is 23.1. The molecule has 0 saturated carbocycles. The number of benzene rings is 3. The molecule has 6 heteroatoms. The highest BCUT2D eigenvalue weighted by atomic mass is 16.5. The first-order valence-corrected chi connectivity index (χ1v) is 11.1. The summed E-state index contributed by atoms with van der Waals surface area (Å²) in [7, 11) is 0. The molecular weight excluding hydrogens is 430 g/mol. The SMILES string of the molecule is Cc1oc(-c2ccc(-c3ccccc3)cc2)nc1CCOc1cccc(OC(C)(C)C(=O)O)c1. The van der Waals surface area contributed by atoms with Gasteiger partial charge in [0.05, 0.1) is 12.3 Å². The minimum Gasteiger partial charge on any atom is -0.493 e. The second-order valence-electron chi connectivity index (χ2n) is 8.46. The van der Waals surface area contributed by atoms with Gasteiger partial charge in [-0.2, -0.15) is 0 Å². The number of hydrogen-bond donors (Lipinski definition) is 1. The minimum atomic E-state index is -1.33. The van der Waals surface area contributed by atoms with Crippen LogP contribution in [0.1, 0.15) is 25.3 Å². The number of carbonyl (C=O) groups is 1. The van der Waals surface area contributed by atoms with Gasteiger partial charge in [0, 0.05) is 18.1 Å². The van der Waals surface area contributed by atoms with Crippen molar-refractivity contribution in [3.8, 4) is 34.1 Å². The van der Waals surface area contributed by atoms with Gasteiger partial charge < -0.3 is 19.0 Å². The summed E-state index contributed by atoms with van der Waals surface area (Å²) in [6.07, 6.45) is 0.573. The molecule has 0 unspecified atom stereocenters. The van der Waals surface area contributed by atoms with Crippen LogP contribution in [0.4, 0.5) is 0 Å². The average molecular weight is 458 g/mol. The third-order valence-corrected chi connectivity index (χ3v) is 5.43. The summed E-state index contributed by atoms with van der Waals surface area (Å²) in [5.41, 5.74) is 2.73. The van der Waals surface area contributed by atoms with Crippen molar-refractivity contribution < 1.29 is 23.8 Å². The van der Waals surface area contributed by atoms with Gasteiger partial charge in [-0.25, -0.2) is 9.78 Å². The van der Waals surface area contributed by atoms with Crippen LogP contribution in [0, 0.1) is 6.92 Å². The lowest BCUT2D eigenvalue weighted by Gasteiger charge is -2.21. The largest absolute Gasteiger partial charge is 0.493 e. The summed E-state index contributed by atoms with van der Waals surface area (Å²) >= 11 is 0. The Kier molecular flexibility index (Phi) is 6.68. The molecule has 0 radical (unpaired) electrons. The maximum Gasteiger partial charge on any atom is 0.347 e. The lowest BCUT2D eigenvalue weighted by Crippen LogP contribution is -2.37. The van der Waals surface area contributed by atoms with Crippen LogP contribution < -0.4 is 9.47 Å². The minimum absolute atomic E-state index is 0.394. The molecule has 1 N–H and O–H groups in total. The number of aliphatic carboxylic acids is 1. The molecule has 0 saturated heterocycles. The number of carboxylic acids is 1. The molecule has 174 valence electrons. The maximum absolute atomic E-state index is 11.3. The van der Waals surface area contributed by atoms with E-state index in [0.29, 0.717) is 30.4 Å². The Morgan fingerprint density at radius 3 is 2.26 bits per heavy atom. The molecule has 34 heavy (non-hydrogen) atoms.